The van der Waals surface area contributed by atoms with E-state index in [1.807, 2.05) is 0 Å². The molecule has 0 bridgehead atoms. The summed E-state index contributed by atoms with van der Waals surface area (Å²) < 4.78 is 5.28. The van der Waals surface area contributed by atoms with Gasteiger partial charge in [0.2, 0.25) is 0 Å². The molecule has 0 aromatic carbocycles. The number of aliphatic hydroxyl groups excluding tert-OH is 2. The Kier molecular flexibility index (Phi) is 4.75. The first-order chi connectivity index (χ1) is 11.2. The number of nitrogens with one attached hydrogen (secondary N) is 1. The van der Waals surface area contributed by atoms with E-state index in [1.165, 1.54) is 0 Å². The van der Waals surface area contributed by atoms with Crippen LogP contribution in [0.25, 0.3) is 0 Å². The van der Waals surface area contributed by atoms with Gasteiger partial charge < -0.3 is 24.5 Å². The number of furan rings is 1. The highest BCUT2D eigenvalue weighted by Gasteiger charge is 2.27. The number of carbonyl (C=O) groups excluding carboxylic acids is 1. The molecular weight excluding hydrogens is 300 g/mol. The zero-order valence-corrected chi connectivity index (χ0v) is 12.7. The van der Waals surface area contributed by atoms with Gasteiger partial charge in [0.05, 0.1) is 12.6 Å². The smallest absolute Gasteiger partial charge is 0.289 e. The molecule has 0 aliphatic carbocycles. The van der Waals surface area contributed by atoms with Gasteiger partial charge >= 0.3 is 0 Å². The van der Waals surface area contributed by atoms with E-state index in [2.05, 4.69) is 14.9 Å². The minimum absolute atomic E-state index is 0.181. The van der Waals surface area contributed by atoms with Gasteiger partial charge in [-0.05, 0) is 12.1 Å². The highest BCUT2D eigenvalue weighted by molar-refractivity contribution is 5.91. The van der Waals surface area contributed by atoms with E-state index in [4.69, 9.17) is 9.52 Å². The average molecular weight is 320 g/mol. The van der Waals surface area contributed by atoms with Gasteiger partial charge in [0.25, 0.3) is 5.91 Å². The average Bonchev–Trinajstić information content (AvgIpc) is 3.18. The molecule has 23 heavy (non-hydrogen) atoms. The van der Waals surface area contributed by atoms with Gasteiger partial charge in [-0.15, -0.1) is 0 Å². The molecule has 8 nitrogen and oxygen atoms in total. The molecular formula is C15H20N4O4. The van der Waals surface area contributed by atoms with Crippen molar-refractivity contribution in [1.29, 1.82) is 0 Å². The van der Waals surface area contributed by atoms with Crippen LogP contribution in [0.5, 0.6) is 0 Å². The predicted octanol–water partition coefficient (Wildman–Crippen LogP) is -0.186. The van der Waals surface area contributed by atoms with Gasteiger partial charge in [-0.3, -0.25) is 9.69 Å². The maximum atomic E-state index is 12.5. The van der Waals surface area contributed by atoms with Gasteiger partial charge in [-0.1, -0.05) is 0 Å². The summed E-state index contributed by atoms with van der Waals surface area (Å²) >= 11 is 0. The molecule has 0 radical (unpaired) electrons. The van der Waals surface area contributed by atoms with Crippen LogP contribution >= 0.6 is 0 Å². The van der Waals surface area contributed by atoms with E-state index < -0.39 is 6.10 Å². The zero-order chi connectivity index (χ0) is 16.2. The molecule has 0 unspecified atom stereocenters. The van der Waals surface area contributed by atoms with Crippen molar-refractivity contribution in [2.24, 2.45) is 0 Å². The summed E-state index contributed by atoms with van der Waals surface area (Å²) in [7, 11) is 0. The molecule has 1 saturated heterocycles. The van der Waals surface area contributed by atoms with Crippen LogP contribution in [-0.4, -0.2) is 68.2 Å². The molecule has 0 saturated carbocycles. The number of rotatable bonds is 4. The van der Waals surface area contributed by atoms with Crippen molar-refractivity contribution < 1.29 is 19.4 Å². The Morgan fingerprint density at radius 2 is 2.26 bits per heavy atom. The molecule has 1 aliphatic rings. The number of β-amino-alcohol motifs (C(OH)–C–C–N with tert-alkyl or cyclic N) is 1. The van der Waals surface area contributed by atoms with Crippen molar-refractivity contribution in [3.05, 3.63) is 41.9 Å². The summed E-state index contributed by atoms with van der Waals surface area (Å²) in [5.74, 6) is 1.09. The fourth-order valence-electron chi connectivity index (χ4n) is 2.71. The largest absolute Gasteiger partial charge is 0.453 e. The van der Waals surface area contributed by atoms with Crippen molar-refractivity contribution in [2.45, 2.75) is 19.3 Å². The summed E-state index contributed by atoms with van der Waals surface area (Å²) in [6.07, 6.45) is 2.81. The Balaban J connectivity index is 1.64. The van der Waals surface area contributed by atoms with E-state index in [9.17, 15) is 9.90 Å². The lowest BCUT2D eigenvalue weighted by Crippen LogP contribution is -2.37. The summed E-state index contributed by atoms with van der Waals surface area (Å²) in [6.45, 7) is 2.21. The normalized spacial score (nSPS) is 19.7. The van der Waals surface area contributed by atoms with Gasteiger partial charge in [-0.2, -0.15) is 0 Å². The molecule has 8 heteroatoms. The van der Waals surface area contributed by atoms with Crippen LogP contribution in [0.3, 0.4) is 0 Å². The van der Waals surface area contributed by atoms with Crippen LogP contribution in [0.15, 0.2) is 28.9 Å². The summed E-state index contributed by atoms with van der Waals surface area (Å²) in [6, 6.07) is 3.12. The minimum atomic E-state index is -0.635. The predicted molar refractivity (Wildman–Crippen MR) is 80.4 cm³/mol. The maximum absolute atomic E-state index is 12.5. The number of aliphatic hydroxyl groups is 2. The van der Waals surface area contributed by atoms with E-state index in [1.54, 1.807) is 29.4 Å². The second-order valence-electron chi connectivity index (χ2n) is 5.60. The van der Waals surface area contributed by atoms with E-state index in [-0.39, 0.29) is 24.8 Å². The molecule has 2 aromatic rings. The van der Waals surface area contributed by atoms with Crippen molar-refractivity contribution in [3.8, 4) is 0 Å². The molecule has 0 spiro atoms. The first-order valence-corrected chi connectivity index (χ1v) is 7.53. The minimum Gasteiger partial charge on any atom is -0.453 e. The Morgan fingerprint density at radius 1 is 1.39 bits per heavy atom. The molecule has 2 aromatic heterocycles. The molecule has 3 rings (SSSR count). The van der Waals surface area contributed by atoms with Crippen LogP contribution in [0.4, 0.5) is 0 Å². The first-order valence-electron chi connectivity index (χ1n) is 7.53. The fourth-order valence-corrected chi connectivity index (χ4v) is 2.71. The van der Waals surface area contributed by atoms with Crippen molar-refractivity contribution >= 4 is 5.91 Å². The Labute approximate surface area is 133 Å². The highest BCUT2D eigenvalue weighted by atomic mass is 16.4. The third-order valence-electron chi connectivity index (χ3n) is 3.83. The van der Waals surface area contributed by atoms with Gasteiger partial charge in [0.15, 0.2) is 5.76 Å². The van der Waals surface area contributed by atoms with Gasteiger partial charge in [0.1, 0.15) is 18.2 Å². The van der Waals surface area contributed by atoms with E-state index in [0.29, 0.717) is 31.9 Å². The van der Waals surface area contributed by atoms with Crippen molar-refractivity contribution in [2.75, 3.05) is 26.2 Å². The summed E-state index contributed by atoms with van der Waals surface area (Å²) in [4.78, 5) is 23.3. The standard InChI is InChI=1S/C15H20N4O4/c20-10-12-1-2-13(23-12)15(22)19-6-5-18(7-11(21)8-19)9-14-16-3-4-17-14/h1-4,11,20-21H,5-10H2,(H,16,17)/t11-/m0/s1. The molecule has 1 atom stereocenters. The lowest BCUT2D eigenvalue weighted by Gasteiger charge is -2.20. The van der Waals surface area contributed by atoms with E-state index in [0.717, 1.165) is 5.82 Å². The molecule has 1 aliphatic heterocycles. The summed E-state index contributed by atoms with van der Waals surface area (Å²) in [5, 5.41) is 19.2. The van der Waals surface area contributed by atoms with Crippen LogP contribution in [0.2, 0.25) is 0 Å². The molecule has 1 fully saturated rings. The van der Waals surface area contributed by atoms with Gasteiger partial charge in [0, 0.05) is 38.6 Å². The summed E-state index contributed by atoms with van der Waals surface area (Å²) in [5.41, 5.74) is 0. The number of amides is 1. The van der Waals surface area contributed by atoms with Crippen LogP contribution in [0, 0.1) is 0 Å². The number of nitrogens with zero attached hydrogens (tertiary/aromatic N) is 3. The van der Waals surface area contributed by atoms with Gasteiger partial charge in [-0.25, -0.2) is 4.98 Å². The van der Waals surface area contributed by atoms with Crippen molar-refractivity contribution in [1.82, 2.24) is 19.8 Å². The lowest BCUT2D eigenvalue weighted by atomic mass is 10.3. The molecule has 3 heterocycles. The van der Waals surface area contributed by atoms with Crippen LogP contribution in [-0.2, 0) is 13.2 Å². The molecule has 3 N–H and O–H groups in total. The second kappa shape index (κ2) is 6.95. The number of aromatic amines is 1. The number of hydrogen-bond donors (Lipinski definition) is 3. The molecule has 124 valence electrons. The van der Waals surface area contributed by atoms with E-state index >= 15 is 0 Å². The van der Waals surface area contributed by atoms with Crippen LogP contribution in [0.1, 0.15) is 22.1 Å². The molecule has 1 amide bonds. The third kappa shape index (κ3) is 3.79. The van der Waals surface area contributed by atoms with Crippen LogP contribution < -0.4 is 0 Å². The number of hydrogen-bond acceptors (Lipinski definition) is 6. The third-order valence-corrected chi connectivity index (χ3v) is 3.83. The second-order valence-corrected chi connectivity index (χ2v) is 5.60. The Hall–Kier alpha value is -2.16. The quantitative estimate of drug-likeness (QED) is 0.721. The first kappa shape index (κ1) is 15.7. The fraction of sp³-hybridized carbons (Fsp3) is 0.467. The number of H-pyrrole nitrogens is 1. The topological polar surface area (TPSA) is 106 Å². The Morgan fingerprint density at radius 3 is 2.96 bits per heavy atom. The van der Waals surface area contributed by atoms with Crippen molar-refractivity contribution in [3.63, 3.8) is 0 Å². The SMILES string of the molecule is O=C(c1ccc(CO)o1)N1CCN(Cc2ncc[nH]2)C[C@H](O)C1. The highest BCUT2D eigenvalue weighted by Crippen LogP contribution is 2.14. The number of carbonyl (C=O) groups is 1. The monoisotopic (exact) mass is 320 g/mol. The Bertz CT molecular complexity index is 640. The zero-order valence-electron chi connectivity index (χ0n) is 12.7. The number of aromatic nitrogens is 2. The maximum Gasteiger partial charge on any atom is 0.289 e. The number of imidazole rings is 1. The lowest BCUT2D eigenvalue weighted by molar-refractivity contribution is 0.0630.